The Balaban J connectivity index is 2.33. The van der Waals surface area contributed by atoms with Gasteiger partial charge in [-0.2, -0.15) is 4.98 Å². The largest absolute Gasteiger partial charge is 0.383 e. The Kier molecular flexibility index (Phi) is 5.03. The van der Waals surface area contributed by atoms with Crippen LogP contribution in [0.4, 0.5) is 10.2 Å². The number of methoxy groups -OCH3 is 1. The molecule has 0 saturated heterocycles. The van der Waals surface area contributed by atoms with Gasteiger partial charge in [0.1, 0.15) is 0 Å². The molecule has 7 heteroatoms. The summed E-state index contributed by atoms with van der Waals surface area (Å²) in [5.41, 5.74) is 1.72. The number of ether oxygens (including phenoxy) is 1. The van der Waals surface area contributed by atoms with Crippen LogP contribution in [-0.4, -0.2) is 47.9 Å². The highest BCUT2D eigenvalue weighted by Crippen LogP contribution is 2.23. The van der Waals surface area contributed by atoms with Gasteiger partial charge in [0.25, 0.3) is 0 Å². The van der Waals surface area contributed by atoms with Crippen LogP contribution in [0.25, 0.3) is 0 Å². The number of hydrogen-bond acceptors (Lipinski definition) is 5. The van der Waals surface area contributed by atoms with E-state index in [4.69, 9.17) is 16.3 Å². The van der Waals surface area contributed by atoms with Crippen LogP contribution in [0.5, 0.6) is 0 Å². The molecule has 21 heavy (non-hydrogen) atoms. The van der Waals surface area contributed by atoms with E-state index in [-0.39, 0.29) is 17.2 Å². The molecule has 0 N–H and O–H groups in total. The fraction of sp³-hybridized carbons (Fsp3) is 0.357. The van der Waals surface area contributed by atoms with Crippen molar-refractivity contribution in [1.29, 1.82) is 0 Å². The smallest absolute Gasteiger partial charge is 0.224 e. The first-order chi connectivity index (χ1) is 9.99. The minimum atomic E-state index is -0.604. The summed E-state index contributed by atoms with van der Waals surface area (Å²) in [7, 11) is 5.50. The number of rotatable bonds is 3. The second kappa shape index (κ2) is 6.78. The summed E-state index contributed by atoms with van der Waals surface area (Å²) in [6.07, 6.45) is 7.10. The first kappa shape index (κ1) is 15.6. The minimum absolute atomic E-state index is 0.0330. The second-order valence-electron chi connectivity index (χ2n) is 4.77. The Hall–Kier alpha value is -1.79. The molecule has 1 atom stereocenters. The van der Waals surface area contributed by atoms with Crippen LogP contribution in [0.15, 0.2) is 35.1 Å². The molecule has 0 spiro atoms. The highest BCUT2D eigenvalue weighted by Gasteiger charge is 2.18. The van der Waals surface area contributed by atoms with Gasteiger partial charge in [-0.05, 0) is 29.3 Å². The number of aliphatic imine (C=N–C) groups is 1. The summed E-state index contributed by atoms with van der Waals surface area (Å²) in [6, 6.07) is 0. The van der Waals surface area contributed by atoms with Crippen molar-refractivity contribution in [3.05, 3.63) is 41.2 Å². The van der Waals surface area contributed by atoms with Crippen LogP contribution in [-0.2, 0) is 4.74 Å². The van der Waals surface area contributed by atoms with Crippen molar-refractivity contribution in [3.63, 3.8) is 0 Å². The molecule has 1 heterocycles. The molecule has 0 aromatic carbocycles. The maximum atomic E-state index is 13.6. The predicted octanol–water partition coefficient (Wildman–Crippen LogP) is 2.76. The topological polar surface area (TPSA) is 50.6 Å². The molecule has 1 aliphatic carbocycles. The molecule has 0 radical (unpaired) electrons. The van der Waals surface area contributed by atoms with Crippen molar-refractivity contribution in [3.8, 4) is 0 Å². The van der Waals surface area contributed by atoms with Crippen LogP contribution in [0, 0.1) is 5.82 Å². The molecule has 112 valence electrons. The van der Waals surface area contributed by atoms with E-state index < -0.39 is 5.82 Å². The van der Waals surface area contributed by atoms with E-state index in [1.807, 2.05) is 31.3 Å². The fourth-order valence-corrected chi connectivity index (χ4v) is 2.13. The maximum absolute atomic E-state index is 13.6. The quantitative estimate of drug-likeness (QED) is 0.806. The van der Waals surface area contributed by atoms with E-state index in [9.17, 15) is 4.39 Å². The van der Waals surface area contributed by atoms with Gasteiger partial charge in [-0.1, -0.05) is 0 Å². The molecule has 0 aliphatic heterocycles. The molecule has 2 rings (SSSR count). The highest BCUT2D eigenvalue weighted by atomic mass is 35.5. The van der Waals surface area contributed by atoms with Gasteiger partial charge in [-0.15, -0.1) is 0 Å². The summed E-state index contributed by atoms with van der Waals surface area (Å²) < 4.78 is 19.0. The molecule has 1 unspecified atom stereocenters. The lowest BCUT2D eigenvalue weighted by Crippen LogP contribution is -2.20. The van der Waals surface area contributed by atoms with Crippen LogP contribution < -0.4 is 0 Å². The number of aromatic nitrogens is 2. The Morgan fingerprint density at radius 3 is 2.95 bits per heavy atom. The molecule has 1 aromatic heterocycles. The van der Waals surface area contributed by atoms with Gasteiger partial charge in [-0.25, -0.2) is 14.4 Å². The Morgan fingerprint density at radius 2 is 2.29 bits per heavy atom. The Bertz CT molecular complexity index is 613. The van der Waals surface area contributed by atoms with E-state index in [0.29, 0.717) is 12.1 Å². The second-order valence-corrected chi connectivity index (χ2v) is 5.11. The third-order valence-electron chi connectivity index (χ3n) is 2.84. The lowest BCUT2D eigenvalue weighted by Gasteiger charge is -2.22. The van der Waals surface area contributed by atoms with Gasteiger partial charge < -0.3 is 9.64 Å². The molecule has 1 aliphatic rings. The summed E-state index contributed by atoms with van der Waals surface area (Å²) in [5.74, 6) is -0.665. The fourth-order valence-electron chi connectivity index (χ4n) is 2.00. The lowest BCUT2D eigenvalue weighted by atomic mass is 9.97. The Morgan fingerprint density at radius 1 is 1.52 bits per heavy atom. The monoisotopic (exact) mass is 310 g/mol. The zero-order chi connectivity index (χ0) is 15.4. The maximum Gasteiger partial charge on any atom is 0.224 e. The zero-order valence-corrected chi connectivity index (χ0v) is 12.8. The molecule has 1 aromatic rings. The van der Waals surface area contributed by atoms with Gasteiger partial charge in [0.15, 0.2) is 11.6 Å². The number of hydrogen-bond donors (Lipinski definition) is 0. The van der Waals surface area contributed by atoms with Gasteiger partial charge >= 0.3 is 0 Å². The standard InChI is InChI=1S/C14H16ClFN4O/c1-20(2)8-9-6-10(4-5-12(9)21-3)18-13-11(16)7-17-14(15)19-13/h4-5,7-8,12H,6H2,1-3H3. The summed E-state index contributed by atoms with van der Waals surface area (Å²) in [4.78, 5) is 13.5. The number of halogens is 2. The summed E-state index contributed by atoms with van der Waals surface area (Å²) in [5, 5.41) is -0.0330. The molecular formula is C14H16ClFN4O. The van der Waals surface area contributed by atoms with Gasteiger partial charge in [0.05, 0.1) is 12.3 Å². The van der Waals surface area contributed by atoms with E-state index in [1.165, 1.54) is 0 Å². The van der Waals surface area contributed by atoms with E-state index in [0.717, 1.165) is 11.8 Å². The van der Waals surface area contributed by atoms with E-state index >= 15 is 0 Å². The zero-order valence-electron chi connectivity index (χ0n) is 12.0. The predicted molar refractivity (Wildman–Crippen MR) is 80.4 cm³/mol. The molecule has 5 nitrogen and oxygen atoms in total. The van der Waals surface area contributed by atoms with Gasteiger partial charge in [0.2, 0.25) is 5.28 Å². The summed E-state index contributed by atoms with van der Waals surface area (Å²) >= 11 is 5.66. The third kappa shape index (κ3) is 4.09. The molecule has 0 amide bonds. The minimum Gasteiger partial charge on any atom is -0.383 e. The molecule has 0 saturated carbocycles. The summed E-state index contributed by atoms with van der Waals surface area (Å²) in [6.45, 7) is 0. The van der Waals surface area contributed by atoms with Crippen LogP contribution in [0.2, 0.25) is 5.28 Å². The lowest BCUT2D eigenvalue weighted by molar-refractivity contribution is 0.165. The molecule has 0 fully saturated rings. The van der Waals surface area contributed by atoms with Crippen LogP contribution in [0.3, 0.4) is 0 Å². The first-order valence-corrected chi connectivity index (χ1v) is 6.71. The van der Waals surface area contributed by atoms with E-state index in [2.05, 4.69) is 15.0 Å². The van der Waals surface area contributed by atoms with Crippen molar-refractivity contribution in [2.24, 2.45) is 4.99 Å². The first-order valence-electron chi connectivity index (χ1n) is 6.33. The van der Waals surface area contributed by atoms with Crippen molar-refractivity contribution in [2.45, 2.75) is 12.5 Å². The average Bonchev–Trinajstić information content (AvgIpc) is 2.42. The number of nitrogens with zero attached hydrogens (tertiary/aromatic N) is 4. The average molecular weight is 311 g/mol. The third-order valence-corrected chi connectivity index (χ3v) is 3.02. The number of allylic oxidation sites excluding steroid dienone is 1. The van der Waals surface area contributed by atoms with Crippen molar-refractivity contribution < 1.29 is 9.13 Å². The van der Waals surface area contributed by atoms with Crippen molar-refractivity contribution >= 4 is 23.1 Å². The Labute approximate surface area is 127 Å². The SMILES string of the molecule is COC1C=CC(=Nc2nc(Cl)ncc2F)CC1=CN(C)C. The van der Waals surface area contributed by atoms with Crippen LogP contribution >= 0.6 is 11.6 Å². The molecular weight excluding hydrogens is 295 g/mol. The van der Waals surface area contributed by atoms with Gasteiger partial charge in [0, 0.05) is 39.5 Å². The van der Waals surface area contributed by atoms with Crippen molar-refractivity contribution in [2.75, 3.05) is 21.2 Å². The molecule has 0 bridgehead atoms. The van der Waals surface area contributed by atoms with Crippen molar-refractivity contribution in [1.82, 2.24) is 14.9 Å². The van der Waals surface area contributed by atoms with Crippen LogP contribution in [0.1, 0.15) is 6.42 Å². The van der Waals surface area contributed by atoms with Gasteiger partial charge in [-0.3, -0.25) is 0 Å². The normalized spacial score (nSPS) is 22.0. The van der Waals surface area contributed by atoms with E-state index in [1.54, 1.807) is 13.2 Å². The highest BCUT2D eigenvalue weighted by molar-refractivity contribution is 6.28.